The largest absolute Gasteiger partial charge is 0.356 e. The molecule has 4 nitrogen and oxygen atoms in total. The molecule has 1 fully saturated rings. The lowest BCUT2D eigenvalue weighted by Crippen LogP contribution is -2.37. The summed E-state index contributed by atoms with van der Waals surface area (Å²) in [4.78, 5) is 0. The summed E-state index contributed by atoms with van der Waals surface area (Å²) < 4.78 is 20.2. The van der Waals surface area contributed by atoms with Crippen molar-refractivity contribution in [2.45, 2.75) is 58.2 Å². The Morgan fingerprint density at radius 1 is 1.27 bits per heavy atom. The fraction of sp³-hybridized carbons (Fsp3) is 0.588. The van der Waals surface area contributed by atoms with Crippen molar-refractivity contribution >= 4 is 22.0 Å². The van der Waals surface area contributed by atoms with Crippen LogP contribution in [0.15, 0.2) is 16.7 Å². The molecule has 1 unspecified atom stereocenters. The van der Waals surface area contributed by atoms with Crippen LogP contribution in [0.2, 0.25) is 0 Å². The Balaban J connectivity index is 2.03. The van der Waals surface area contributed by atoms with Gasteiger partial charge >= 0.3 is 0 Å². The molecule has 2 atom stereocenters. The Labute approximate surface area is 134 Å². The first-order valence-electron chi connectivity index (χ1n) is 7.84. The standard InChI is InChI=1S/C17H24N2O2S/c1-11-9-13-15(10-12(11)2)21-18-16(13)14-7-6-8-19(14)22(20)17(3,4)5/h9-10,14H,6-8H2,1-5H3/t14-,22?/m1/s1. The van der Waals surface area contributed by atoms with Gasteiger partial charge in [-0.25, -0.2) is 8.51 Å². The van der Waals surface area contributed by atoms with Crippen LogP contribution in [0.25, 0.3) is 11.0 Å². The van der Waals surface area contributed by atoms with E-state index in [4.69, 9.17) is 4.52 Å². The predicted octanol–water partition coefficient (Wildman–Crippen LogP) is 4.04. The minimum absolute atomic E-state index is 0.0865. The Morgan fingerprint density at radius 2 is 1.95 bits per heavy atom. The number of aromatic nitrogens is 1. The van der Waals surface area contributed by atoms with Crippen LogP contribution in [0.4, 0.5) is 0 Å². The van der Waals surface area contributed by atoms with Crippen LogP contribution >= 0.6 is 0 Å². The van der Waals surface area contributed by atoms with E-state index in [1.807, 2.05) is 26.8 Å². The molecule has 0 N–H and O–H groups in total. The number of nitrogens with zero attached hydrogens (tertiary/aromatic N) is 2. The van der Waals surface area contributed by atoms with Gasteiger partial charge in [0.05, 0.1) is 10.8 Å². The SMILES string of the molecule is Cc1cc2onc([C@H]3CCCN3S(=O)C(C)(C)C)c2cc1C. The summed E-state index contributed by atoms with van der Waals surface area (Å²) in [6, 6.07) is 4.28. The van der Waals surface area contributed by atoms with Crippen molar-refractivity contribution in [3.8, 4) is 0 Å². The molecule has 22 heavy (non-hydrogen) atoms. The molecule has 0 amide bonds. The maximum Gasteiger partial charge on any atom is 0.167 e. The number of hydrogen-bond acceptors (Lipinski definition) is 3. The van der Waals surface area contributed by atoms with E-state index in [1.54, 1.807) is 0 Å². The number of hydrogen-bond donors (Lipinski definition) is 0. The van der Waals surface area contributed by atoms with Gasteiger partial charge in [-0.1, -0.05) is 5.16 Å². The summed E-state index contributed by atoms with van der Waals surface area (Å²) in [6.45, 7) is 11.1. The van der Waals surface area contributed by atoms with Crippen molar-refractivity contribution in [3.05, 3.63) is 29.0 Å². The molecule has 1 saturated heterocycles. The third-order valence-corrected chi connectivity index (χ3v) is 6.28. The highest BCUT2D eigenvalue weighted by molar-refractivity contribution is 7.84. The van der Waals surface area contributed by atoms with Crippen LogP contribution in [0, 0.1) is 13.8 Å². The molecule has 0 radical (unpaired) electrons. The van der Waals surface area contributed by atoms with E-state index in [1.165, 1.54) is 11.1 Å². The average molecular weight is 320 g/mol. The van der Waals surface area contributed by atoms with E-state index in [-0.39, 0.29) is 10.8 Å². The van der Waals surface area contributed by atoms with Gasteiger partial charge < -0.3 is 4.52 Å². The van der Waals surface area contributed by atoms with Crippen LogP contribution < -0.4 is 0 Å². The lowest BCUT2D eigenvalue weighted by Gasteiger charge is -2.29. The van der Waals surface area contributed by atoms with Gasteiger partial charge in [0.15, 0.2) is 5.58 Å². The molecule has 1 aromatic carbocycles. The highest BCUT2D eigenvalue weighted by Gasteiger charge is 2.37. The molecule has 5 heteroatoms. The van der Waals surface area contributed by atoms with Crippen LogP contribution in [0.3, 0.4) is 0 Å². The number of rotatable bonds is 2. The smallest absolute Gasteiger partial charge is 0.167 e. The van der Waals surface area contributed by atoms with Crippen molar-refractivity contribution in [3.63, 3.8) is 0 Å². The van der Waals surface area contributed by atoms with Gasteiger partial charge in [0.1, 0.15) is 16.7 Å². The lowest BCUT2D eigenvalue weighted by atomic mass is 10.0. The van der Waals surface area contributed by atoms with Crippen molar-refractivity contribution in [2.24, 2.45) is 0 Å². The second-order valence-corrected chi connectivity index (χ2v) is 9.35. The molecule has 2 heterocycles. The van der Waals surface area contributed by atoms with Crippen LogP contribution in [0.1, 0.15) is 56.5 Å². The van der Waals surface area contributed by atoms with Gasteiger partial charge in [0, 0.05) is 11.9 Å². The Kier molecular flexibility index (Phi) is 3.89. The molecular formula is C17H24N2O2S. The summed E-state index contributed by atoms with van der Waals surface area (Å²) in [5, 5.41) is 5.38. The van der Waals surface area contributed by atoms with Crippen LogP contribution in [-0.4, -0.2) is 25.0 Å². The van der Waals surface area contributed by atoms with Gasteiger partial charge in [-0.2, -0.15) is 0 Å². The molecule has 0 bridgehead atoms. The van der Waals surface area contributed by atoms with Crippen molar-refractivity contribution in [1.82, 2.24) is 9.46 Å². The van der Waals surface area contributed by atoms with Gasteiger partial charge in [-0.15, -0.1) is 0 Å². The lowest BCUT2D eigenvalue weighted by molar-refractivity contribution is 0.377. The summed E-state index contributed by atoms with van der Waals surface area (Å²) in [7, 11) is -1.03. The molecule has 1 aromatic heterocycles. The van der Waals surface area contributed by atoms with Gasteiger partial charge in [0.2, 0.25) is 0 Å². The monoisotopic (exact) mass is 320 g/mol. The highest BCUT2D eigenvalue weighted by Crippen LogP contribution is 2.38. The van der Waals surface area contributed by atoms with E-state index in [0.29, 0.717) is 0 Å². The topological polar surface area (TPSA) is 46.3 Å². The summed E-state index contributed by atoms with van der Waals surface area (Å²) in [5.74, 6) is 0. The van der Waals surface area contributed by atoms with Crippen molar-refractivity contribution < 1.29 is 8.73 Å². The van der Waals surface area contributed by atoms with Gasteiger partial charge in [0.25, 0.3) is 0 Å². The van der Waals surface area contributed by atoms with E-state index in [2.05, 4.69) is 29.4 Å². The first-order chi connectivity index (χ1) is 10.3. The fourth-order valence-electron chi connectivity index (χ4n) is 3.02. The van der Waals surface area contributed by atoms with E-state index in [9.17, 15) is 4.21 Å². The number of benzene rings is 1. The Bertz CT molecular complexity index is 730. The minimum atomic E-state index is -1.03. The van der Waals surface area contributed by atoms with Crippen molar-refractivity contribution in [2.75, 3.05) is 6.54 Å². The predicted molar refractivity (Wildman–Crippen MR) is 90.1 cm³/mol. The molecule has 1 aliphatic heterocycles. The first-order valence-corrected chi connectivity index (χ1v) is 8.95. The number of aryl methyl sites for hydroxylation is 2. The summed E-state index contributed by atoms with van der Waals surface area (Å²) in [6.07, 6.45) is 2.03. The quantitative estimate of drug-likeness (QED) is 0.839. The first kappa shape index (κ1) is 15.7. The maximum atomic E-state index is 12.8. The third kappa shape index (κ3) is 2.61. The summed E-state index contributed by atoms with van der Waals surface area (Å²) >= 11 is 0. The molecule has 1 aliphatic rings. The van der Waals surface area contributed by atoms with Gasteiger partial charge in [-0.05, 0) is 70.7 Å². The average Bonchev–Trinajstić information content (AvgIpc) is 3.03. The van der Waals surface area contributed by atoms with Crippen LogP contribution in [-0.2, 0) is 11.0 Å². The van der Waals surface area contributed by atoms with Gasteiger partial charge in [-0.3, -0.25) is 0 Å². The zero-order chi connectivity index (χ0) is 16.1. The maximum absolute atomic E-state index is 12.8. The molecule has 3 rings (SSSR count). The normalized spacial score (nSPS) is 21.6. The molecule has 120 valence electrons. The zero-order valence-electron chi connectivity index (χ0n) is 14.0. The third-order valence-electron chi connectivity index (χ3n) is 4.37. The van der Waals surface area contributed by atoms with E-state index >= 15 is 0 Å². The zero-order valence-corrected chi connectivity index (χ0v) is 14.8. The molecular weight excluding hydrogens is 296 g/mol. The molecule has 0 spiro atoms. The minimum Gasteiger partial charge on any atom is -0.356 e. The van der Waals surface area contributed by atoms with E-state index < -0.39 is 11.0 Å². The second-order valence-electron chi connectivity index (χ2n) is 7.16. The fourth-order valence-corrected chi connectivity index (χ4v) is 4.45. The summed E-state index contributed by atoms with van der Waals surface area (Å²) in [5.41, 5.74) is 4.20. The number of fused-ring (bicyclic) bond motifs is 1. The van der Waals surface area contributed by atoms with E-state index in [0.717, 1.165) is 36.0 Å². The molecule has 2 aromatic rings. The molecule has 0 aliphatic carbocycles. The van der Waals surface area contributed by atoms with Crippen molar-refractivity contribution in [1.29, 1.82) is 0 Å². The Morgan fingerprint density at radius 3 is 2.64 bits per heavy atom. The van der Waals surface area contributed by atoms with Crippen LogP contribution in [0.5, 0.6) is 0 Å². The second kappa shape index (κ2) is 5.46. The molecule has 0 saturated carbocycles. The Hall–Kier alpha value is -1.20. The highest BCUT2D eigenvalue weighted by atomic mass is 32.2.